The molecule has 6 nitrogen and oxygen atoms in total. The van der Waals surface area contributed by atoms with Crippen molar-refractivity contribution in [2.75, 3.05) is 38.7 Å². The quantitative estimate of drug-likeness (QED) is 0.562. The predicted molar refractivity (Wildman–Crippen MR) is 119 cm³/mol. The third kappa shape index (κ3) is 4.66. The molecule has 0 spiro atoms. The first-order chi connectivity index (χ1) is 14.6. The number of fused-ring (bicyclic) bond motifs is 2. The van der Waals surface area contributed by atoms with Gasteiger partial charge in [0.05, 0.1) is 30.9 Å². The van der Waals surface area contributed by atoms with E-state index in [0.29, 0.717) is 12.5 Å². The zero-order valence-corrected chi connectivity index (χ0v) is 18.0. The van der Waals surface area contributed by atoms with Crippen molar-refractivity contribution in [1.29, 1.82) is 0 Å². The number of anilines is 2. The molecule has 0 N–H and O–H groups in total. The number of methoxy groups -OCH3 is 1. The van der Waals surface area contributed by atoms with E-state index < -0.39 is 0 Å². The van der Waals surface area contributed by atoms with E-state index in [1.54, 1.807) is 19.5 Å². The number of hydrogen-bond donors (Lipinski definition) is 0. The van der Waals surface area contributed by atoms with Crippen molar-refractivity contribution in [3.8, 4) is 11.6 Å². The number of rotatable bonds is 7. The molecule has 1 aliphatic rings. The largest absolute Gasteiger partial charge is 0.487 e. The number of likely N-dealkylation sites (N-methyl/N-ethyl adjacent to an activating group) is 1. The SMILES string of the molecule is COc1cnc(CCN(C)CCN2c3cc(Cl)ccc3COc3ccccc32)cn1. The van der Waals surface area contributed by atoms with E-state index in [1.165, 1.54) is 0 Å². The van der Waals surface area contributed by atoms with Gasteiger partial charge in [-0.25, -0.2) is 4.98 Å². The summed E-state index contributed by atoms with van der Waals surface area (Å²) in [5, 5.41) is 0.726. The Morgan fingerprint density at radius 3 is 2.77 bits per heavy atom. The van der Waals surface area contributed by atoms with Crippen LogP contribution in [0.25, 0.3) is 0 Å². The van der Waals surface area contributed by atoms with E-state index in [0.717, 1.165) is 59.5 Å². The first-order valence-corrected chi connectivity index (χ1v) is 10.3. The molecule has 0 atom stereocenters. The van der Waals surface area contributed by atoms with Crippen molar-refractivity contribution in [2.24, 2.45) is 0 Å². The Kier molecular flexibility index (Phi) is 6.35. The summed E-state index contributed by atoms with van der Waals surface area (Å²) in [5.41, 5.74) is 4.25. The van der Waals surface area contributed by atoms with Crippen LogP contribution in [0.1, 0.15) is 11.3 Å². The van der Waals surface area contributed by atoms with E-state index in [9.17, 15) is 0 Å². The molecule has 7 heteroatoms. The number of benzene rings is 2. The van der Waals surface area contributed by atoms with E-state index in [-0.39, 0.29) is 0 Å². The number of nitrogens with zero attached hydrogens (tertiary/aromatic N) is 4. The summed E-state index contributed by atoms with van der Waals surface area (Å²) >= 11 is 6.32. The lowest BCUT2D eigenvalue weighted by Gasteiger charge is -2.28. The highest BCUT2D eigenvalue weighted by molar-refractivity contribution is 6.30. The second-order valence-electron chi connectivity index (χ2n) is 7.28. The molecule has 156 valence electrons. The lowest BCUT2D eigenvalue weighted by Crippen LogP contribution is -2.32. The molecule has 0 saturated heterocycles. The molecule has 0 saturated carbocycles. The Morgan fingerprint density at radius 2 is 1.97 bits per heavy atom. The Bertz CT molecular complexity index is 997. The van der Waals surface area contributed by atoms with Gasteiger partial charge in [-0.3, -0.25) is 4.98 Å². The van der Waals surface area contributed by atoms with Crippen LogP contribution in [-0.2, 0) is 13.0 Å². The minimum atomic E-state index is 0.534. The third-order valence-electron chi connectivity index (χ3n) is 5.22. The van der Waals surface area contributed by atoms with Crippen LogP contribution in [0.4, 0.5) is 11.4 Å². The molecule has 1 aliphatic heterocycles. The fourth-order valence-corrected chi connectivity index (χ4v) is 3.67. The van der Waals surface area contributed by atoms with Gasteiger partial charge in [-0.1, -0.05) is 29.8 Å². The predicted octanol–water partition coefficient (Wildman–Crippen LogP) is 4.34. The van der Waals surface area contributed by atoms with E-state index in [2.05, 4.69) is 32.9 Å². The monoisotopic (exact) mass is 424 g/mol. The van der Waals surface area contributed by atoms with Crippen molar-refractivity contribution in [3.63, 3.8) is 0 Å². The Balaban J connectivity index is 1.46. The number of hydrogen-bond acceptors (Lipinski definition) is 6. The molecule has 0 fully saturated rings. The zero-order chi connectivity index (χ0) is 20.9. The second kappa shape index (κ2) is 9.32. The molecule has 0 amide bonds. The summed E-state index contributed by atoms with van der Waals surface area (Å²) < 4.78 is 11.1. The van der Waals surface area contributed by atoms with Gasteiger partial charge in [0, 0.05) is 42.3 Å². The van der Waals surface area contributed by atoms with Crippen molar-refractivity contribution >= 4 is 23.0 Å². The standard InChI is InChI=1S/C23H25ClN4O2/c1-27(10-9-19-14-26-23(29-2)15-25-19)11-12-28-20-5-3-4-6-22(20)30-16-17-7-8-18(24)13-21(17)28/h3-8,13-15H,9-12,16H2,1-2H3. The smallest absolute Gasteiger partial charge is 0.231 e. The molecule has 0 radical (unpaired) electrons. The van der Waals surface area contributed by atoms with Crippen molar-refractivity contribution in [2.45, 2.75) is 13.0 Å². The van der Waals surface area contributed by atoms with Crippen LogP contribution in [0.15, 0.2) is 54.9 Å². The third-order valence-corrected chi connectivity index (χ3v) is 5.46. The lowest BCUT2D eigenvalue weighted by atomic mass is 10.1. The minimum Gasteiger partial charge on any atom is -0.487 e. The molecular formula is C23H25ClN4O2. The summed E-state index contributed by atoms with van der Waals surface area (Å²) in [4.78, 5) is 13.2. The van der Waals surface area contributed by atoms with Crippen LogP contribution in [0, 0.1) is 0 Å². The fourth-order valence-electron chi connectivity index (χ4n) is 3.50. The Morgan fingerprint density at radius 1 is 1.10 bits per heavy atom. The van der Waals surface area contributed by atoms with Crippen molar-refractivity contribution < 1.29 is 9.47 Å². The highest BCUT2D eigenvalue weighted by Gasteiger charge is 2.22. The van der Waals surface area contributed by atoms with Crippen molar-refractivity contribution in [1.82, 2.24) is 14.9 Å². The van der Waals surface area contributed by atoms with Crippen LogP contribution >= 0.6 is 11.6 Å². The molecule has 1 aromatic heterocycles. The van der Waals surface area contributed by atoms with Crippen molar-refractivity contribution in [3.05, 3.63) is 71.1 Å². The average Bonchev–Trinajstić information content (AvgIpc) is 2.93. The van der Waals surface area contributed by atoms with Gasteiger partial charge >= 0.3 is 0 Å². The second-order valence-corrected chi connectivity index (χ2v) is 7.72. The minimum absolute atomic E-state index is 0.534. The number of ether oxygens (including phenoxy) is 2. The van der Waals surface area contributed by atoms with Gasteiger partial charge in [0.25, 0.3) is 0 Å². The van der Waals surface area contributed by atoms with Gasteiger partial charge in [0.15, 0.2) is 0 Å². The summed E-state index contributed by atoms with van der Waals surface area (Å²) in [7, 11) is 3.71. The highest BCUT2D eigenvalue weighted by Crippen LogP contribution is 2.40. The summed E-state index contributed by atoms with van der Waals surface area (Å²) in [6.45, 7) is 3.11. The van der Waals surface area contributed by atoms with Crippen LogP contribution in [0.2, 0.25) is 5.02 Å². The molecule has 2 aromatic carbocycles. The van der Waals surface area contributed by atoms with E-state index >= 15 is 0 Å². The zero-order valence-electron chi connectivity index (χ0n) is 17.2. The molecule has 2 heterocycles. The van der Waals surface area contributed by atoms with E-state index in [1.807, 2.05) is 36.4 Å². The molecule has 30 heavy (non-hydrogen) atoms. The average molecular weight is 425 g/mol. The molecule has 3 aromatic rings. The van der Waals surface area contributed by atoms with Gasteiger partial charge in [-0.15, -0.1) is 0 Å². The normalized spacial score (nSPS) is 12.7. The summed E-state index contributed by atoms with van der Waals surface area (Å²) in [5.74, 6) is 1.42. The molecule has 0 aliphatic carbocycles. The lowest BCUT2D eigenvalue weighted by molar-refractivity contribution is 0.310. The molecule has 0 unspecified atom stereocenters. The van der Waals surface area contributed by atoms with Crippen LogP contribution in [0.3, 0.4) is 0 Å². The highest BCUT2D eigenvalue weighted by atomic mass is 35.5. The van der Waals surface area contributed by atoms with Crippen LogP contribution < -0.4 is 14.4 Å². The first-order valence-electron chi connectivity index (χ1n) is 9.95. The summed E-state index contributed by atoms with van der Waals surface area (Å²) in [6.07, 6.45) is 4.26. The van der Waals surface area contributed by atoms with Gasteiger partial charge in [0.1, 0.15) is 12.4 Å². The first kappa shape index (κ1) is 20.4. The Hall–Kier alpha value is -2.83. The number of halogens is 1. The molecule has 0 bridgehead atoms. The van der Waals surface area contributed by atoms with Crippen LogP contribution in [0.5, 0.6) is 11.6 Å². The molecule has 4 rings (SSSR count). The number of para-hydroxylation sites is 2. The number of aromatic nitrogens is 2. The van der Waals surface area contributed by atoms with E-state index in [4.69, 9.17) is 21.1 Å². The van der Waals surface area contributed by atoms with Gasteiger partial charge < -0.3 is 19.3 Å². The van der Waals surface area contributed by atoms with Gasteiger partial charge in [-0.05, 0) is 31.3 Å². The van der Waals surface area contributed by atoms with Crippen LogP contribution in [-0.4, -0.2) is 48.7 Å². The molecular weight excluding hydrogens is 400 g/mol. The fraction of sp³-hybridized carbons (Fsp3) is 0.304. The maximum Gasteiger partial charge on any atom is 0.231 e. The summed E-state index contributed by atoms with van der Waals surface area (Å²) in [6, 6.07) is 14.1. The van der Waals surface area contributed by atoms with Gasteiger partial charge in [-0.2, -0.15) is 0 Å². The topological polar surface area (TPSA) is 50.7 Å². The van der Waals surface area contributed by atoms with Gasteiger partial charge in [0.2, 0.25) is 5.88 Å². The maximum atomic E-state index is 6.32. The maximum absolute atomic E-state index is 6.32. The Labute approximate surface area is 182 Å².